The third kappa shape index (κ3) is 4.65. The lowest BCUT2D eigenvalue weighted by molar-refractivity contribution is 0.405. The zero-order valence-electron chi connectivity index (χ0n) is 10.5. The Balaban J connectivity index is 2.21. The molecule has 1 rings (SSSR count). The SMILES string of the molecule is CCCCCCCCc1ncccc1OC. The lowest BCUT2D eigenvalue weighted by atomic mass is 10.1. The van der Waals surface area contributed by atoms with Gasteiger partial charge in [0.1, 0.15) is 5.75 Å². The van der Waals surface area contributed by atoms with Gasteiger partial charge in [-0.05, 0) is 25.0 Å². The molecule has 0 bridgehead atoms. The highest BCUT2D eigenvalue weighted by Crippen LogP contribution is 2.17. The maximum absolute atomic E-state index is 5.28. The van der Waals surface area contributed by atoms with E-state index in [1.807, 2.05) is 18.3 Å². The highest BCUT2D eigenvalue weighted by atomic mass is 16.5. The fraction of sp³-hybridized carbons (Fsp3) is 0.643. The molecule has 0 aliphatic heterocycles. The number of nitrogens with zero attached hydrogens (tertiary/aromatic N) is 1. The predicted octanol–water partition coefficient (Wildman–Crippen LogP) is 3.99. The molecular weight excluding hydrogens is 198 g/mol. The van der Waals surface area contributed by atoms with Crippen molar-refractivity contribution in [1.82, 2.24) is 4.98 Å². The molecule has 0 atom stereocenters. The molecule has 0 radical (unpaired) electrons. The first-order valence-electron chi connectivity index (χ1n) is 6.36. The Morgan fingerprint density at radius 2 is 1.88 bits per heavy atom. The summed E-state index contributed by atoms with van der Waals surface area (Å²) in [6.07, 6.45) is 10.8. The summed E-state index contributed by atoms with van der Waals surface area (Å²) in [5.74, 6) is 0.927. The maximum Gasteiger partial charge on any atom is 0.140 e. The Labute approximate surface area is 99.0 Å². The van der Waals surface area contributed by atoms with E-state index in [4.69, 9.17) is 4.74 Å². The predicted molar refractivity (Wildman–Crippen MR) is 67.9 cm³/mol. The lowest BCUT2D eigenvalue weighted by Gasteiger charge is -2.06. The van der Waals surface area contributed by atoms with Crippen LogP contribution in [0.15, 0.2) is 18.3 Å². The number of rotatable bonds is 8. The Hall–Kier alpha value is -1.05. The van der Waals surface area contributed by atoms with Crippen LogP contribution in [0.5, 0.6) is 5.75 Å². The minimum atomic E-state index is 0.927. The Morgan fingerprint density at radius 3 is 2.62 bits per heavy atom. The topological polar surface area (TPSA) is 22.1 Å². The Morgan fingerprint density at radius 1 is 1.12 bits per heavy atom. The first-order valence-corrected chi connectivity index (χ1v) is 6.36. The van der Waals surface area contributed by atoms with E-state index >= 15 is 0 Å². The van der Waals surface area contributed by atoms with Crippen molar-refractivity contribution in [1.29, 1.82) is 0 Å². The molecule has 0 amide bonds. The average molecular weight is 221 g/mol. The molecule has 1 aromatic rings. The summed E-state index contributed by atoms with van der Waals surface area (Å²) < 4.78 is 5.28. The summed E-state index contributed by atoms with van der Waals surface area (Å²) in [6, 6.07) is 3.91. The number of ether oxygens (including phenoxy) is 1. The summed E-state index contributed by atoms with van der Waals surface area (Å²) in [4.78, 5) is 4.36. The lowest BCUT2D eigenvalue weighted by Crippen LogP contribution is -1.95. The third-order valence-corrected chi connectivity index (χ3v) is 2.84. The molecule has 0 aliphatic rings. The van der Waals surface area contributed by atoms with Gasteiger partial charge in [0, 0.05) is 6.20 Å². The maximum atomic E-state index is 5.28. The molecule has 0 N–H and O–H groups in total. The van der Waals surface area contributed by atoms with E-state index in [1.165, 1.54) is 38.5 Å². The molecule has 1 heterocycles. The number of aryl methyl sites for hydroxylation is 1. The van der Waals surface area contributed by atoms with Crippen molar-refractivity contribution in [3.05, 3.63) is 24.0 Å². The van der Waals surface area contributed by atoms with E-state index < -0.39 is 0 Å². The summed E-state index contributed by atoms with van der Waals surface area (Å²) in [6.45, 7) is 2.25. The van der Waals surface area contributed by atoms with Crippen LogP contribution in [0, 0.1) is 0 Å². The van der Waals surface area contributed by atoms with Gasteiger partial charge in [0.05, 0.1) is 12.8 Å². The van der Waals surface area contributed by atoms with Gasteiger partial charge in [0.15, 0.2) is 0 Å². The molecular formula is C14H23NO. The monoisotopic (exact) mass is 221 g/mol. The van der Waals surface area contributed by atoms with Crippen molar-refractivity contribution in [2.24, 2.45) is 0 Å². The van der Waals surface area contributed by atoms with E-state index in [9.17, 15) is 0 Å². The van der Waals surface area contributed by atoms with E-state index in [-0.39, 0.29) is 0 Å². The van der Waals surface area contributed by atoms with Crippen LogP contribution in [-0.4, -0.2) is 12.1 Å². The normalized spacial score (nSPS) is 10.4. The second kappa shape index (κ2) is 8.14. The molecule has 0 aromatic carbocycles. The fourth-order valence-electron chi connectivity index (χ4n) is 1.87. The number of hydrogen-bond acceptors (Lipinski definition) is 2. The molecule has 90 valence electrons. The Bertz CT molecular complexity index is 286. The van der Waals surface area contributed by atoms with Gasteiger partial charge >= 0.3 is 0 Å². The van der Waals surface area contributed by atoms with Gasteiger partial charge in [-0.1, -0.05) is 39.0 Å². The van der Waals surface area contributed by atoms with Gasteiger partial charge in [-0.15, -0.1) is 0 Å². The van der Waals surface area contributed by atoms with Crippen LogP contribution in [0.4, 0.5) is 0 Å². The minimum absolute atomic E-state index is 0.927. The van der Waals surface area contributed by atoms with Crippen LogP contribution in [0.1, 0.15) is 51.1 Å². The summed E-state index contributed by atoms with van der Waals surface area (Å²) in [5, 5.41) is 0. The van der Waals surface area contributed by atoms with Gasteiger partial charge in [-0.2, -0.15) is 0 Å². The zero-order chi connectivity index (χ0) is 11.6. The van der Waals surface area contributed by atoms with Crippen LogP contribution in [-0.2, 0) is 6.42 Å². The number of methoxy groups -OCH3 is 1. The molecule has 0 unspecified atom stereocenters. The van der Waals surface area contributed by atoms with Crippen molar-refractivity contribution in [2.75, 3.05) is 7.11 Å². The Kier molecular flexibility index (Phi) is 6.62. The first-order chi connectivity index (χ1) is 7.88. The van der Waals surface area contributed by atoms with Gasteiger partial charge < -0.3 is 4.74 Å². The van der Waals surface area contributed by atoms with Crippen molar-refractivity contribution in [2.45, 2.75) is 51.9 Å². The number of aromatic nitrogens is 1. The molecule has 0 saturated carbocycles. The molecule has 0 spiro atoms. The highest BCUT2D eigenvalue weighted by molar-refractivity contribution is 5.26. The summed E-state index contributed by atoms with van der Waals surface area (Å²) >= 11 is 0. The largest absolute Gasteiger partial charge is 0.495 e. The standard InChI is InChI=1S/C14H23NO/c1-3-4-5-6-7-8-10-13-14(16-2)11-9-12-15-13/h9,11-12H,3-8,10H2,1-2H3. The molecule has 0 aliphatic carbocycles. The van der Waals surface area contributed by atoms with Gasteiger partial charge in [-0.3, -0.25) is 4.98 Å². The van der Waals surface area contributed by atoms with Crippen molar-refractivity contribution < 1.29 is 4.74 Å². The van der Waals surface area contributed by atoms with Crippen molar-refractivity contribution in [3.63, 3.8) is 0 Å². The second-order valence-electron chi connectivity index (χ2n) is 4.17. The van der Waals surface area contributed by atoms with Crippen LogP contribution >= 0.6 is 0 Å². The molecule has 2 heteroatoms. The minimum Gasteiger partial charge on any atom is -0.495 e. The van der Waals surface area contributed by atoms with Crippen LogP contribution in [0.2, 0.25) is 0 Å². The molecule has 1 aromatic heterocycles. The van der Waals surface area contributed by atoms with E-state index in [0.717, 1.165) is 17.9 Å². The quantitative estimate of drug-likeness (QED) is 0.619. The molecule has 0 saturated heterocycles. The van der Waals surface area contributed by atoms with Gasteiger partial charge in [0.2, 0.25) is 0 Å². The molecule has 16 heavy (non-hydrogen) atoms. The van der Waals surface area contributed by atoms with Crippen LogP contribution < -0.4 is 4.74 Å². The summed E-state index contributed by atoms with van der Waals surface area (Å²) in [5.41, 5.74) is 1.10. The second-order valence-corrected chi connectivity index (χ2v) is 4.17. The summed E-state index contributed by atoms with van der Waals surface area (Å²) in [7, 11) is 1.71. The number of pyridine rings is 1. The van der Waals surface area contributed by atoms with Gasteiger partial charge in [0.25, 0.3) is 0 Å². The van der Waals surface area contributed by atoms with E-state index in [0.29, 0.717) is 0 Å². The fourth-order valence-corrected chi connectivity index (χ4v) is 1.87. The average Bonchev–Trinajstić information content (AvgIpc) is 2.34. The first kappa shape index (κ1) is 13.0. The van der Waals surface area contributed by atoms with Crippen LogP contribution in [0.25, 0.3) is 0 Å². The van der Waals surface area contributed by atoms with E-state index in [1.54, 1.807) is 7.11 Å². The highest BCUT2D eigenvalue weighted by Gasteiger charge is 2.02. The number of unbranched alkanes of at least 4 members (excludes halogenated alkanes) is 5. The third-order valence-electron chi connectivity index (χ3n) is 2.84. The number of hydrogen-bond donors (Lipinski definition) is 0. The molecule has 0 fully saturated rings. The van der Waals surface area contributed by atoms with Crippen LogP contribution in [0.3, 0.4) is 0 Å². The smallest absolute Gasteiger partial charge is 0.140 e. The molecule has 2 nitrogen and oxygen atoms in total. The van der Waals surface area contributed by atoms with Crippen molar-refractivity contribution >= 4 is 0 Å². The van der Waals surface area contributed by atoms with E-state index in [2.05, 4.69) is 11.9 Å². The van der Waals surface area contributed by atoms with Gasteiger partial charge in [-0.25, -0.2) is 0 Å². The zero-order valence-corrected chi connectivity index (χ0v) is 10.5. The van der Waals surface area contributed by atoms with Crippen molar-refractivity contribution in [3.8, 4) is 5.75 Å².